The quantitative estimate of drug-likeness (QED) is 0.320. The molecule has 1 aliphatic heterocycles. The lowest BCUT2D eigenvalue weighted by molar-refractivity contribution is -0.133. The van der Waals surface area contributed by atoms with Gasteiger partial charge in [-0.05, 0) is 47.9 Å². The number of nitrogens with two attached hydrogens (primary N) is 2. The molecule has 3 heterocycles. The topological polar surface area (TPSA) is 139 Å². The third-order valence-corrected chi connectivity index (χ3v) is 7.77. The fourth-order valence-corrected chi connectivity index (χ4v) is 5.32. The lowest BCUT2D eigenvalue weighted by Crippen LogP contribution is -2.38. The molecule has 2 amide bonds. The molecule has 10 nitrogen and oxygen atoms in total. The summed E-state index contributed by atoms with van der Waals surface area (Å²) in [7, 11) is 0. The van der Waals surface area contributed by atoms with Gasteiger partial charge in [-0.2, -0.15) is 5.10 Å². The Kier molecular flexibility index (Phi) is 6.49. The van der Waals surface area contributed by atoms with Crippen LogP contribution in [0.5, 0.6) is 11.5 Å². The molecule has 1 saturated heterocycles. The predicted molar refractivity (Wildman–Crippen MR) is 145 cm³/mol. The number of primary amides is 2. The van der Waals surface area contributed by atoms with E-state index in [1.54, 1.807) is 6.20 Å². The molecule has 200 valence electrons. The van der Waals surface area contributed by atoms with Crippen LogP contribution in [0.1, 0.15) is 17.9 Å². The van der Waals surface area contributed by atoms with Crippen molar-refractivity contribution >= 4 is 22.7 Å². The van der Waals surface area contributed by atoms with Crippen LogP contribution in [0.4, 0.5) is 0 Å². The molecule has 2 aromatic carbocycles. The average molecular weight is 527 g/mol. The predicted octanol–water partition coefficient (Wildman–Crippen LogP) is 2.67. The van der Waals surface area contributed by atoms with Gasteiger partial charge in [0.2, 0.25) is 11.8 Å². The molecule has 1 unspecified atom stereocenters. The zero-order chi connectivity index (χ0) is 27.0. The Morgan fingerprint density at radius 2 is 1.77 bits per heavy atom. The SMILES string of the molecule is NC(=O)C1(C(N)=O)CC1c1ccc(Oc2ccnc3cc(-c4cnn(CCN5CCOCC5)c4)ccc23)cc1. The van der Waals surface area contributed by atoms with E-state index in [1.165, 1.54) is 0 Å². The van der Waals surface area contributed by atoms with Crippen molar-refractivity contribution in [3.63, 3.8) is 0 Å². The molecule has 1 atom stereocenters. The van der Waals surface area contributed by atoms with Crippen molar-refractivity contribution in [3.8, 4) is 22.6 Å². The van der Waals surface area contributed by atoms with E-state index in [1.807, 2.05) is 59.4 Å². The van der Waals surface area contributed by atoms with Gasteiger partial charge in [-0.3, -0.25) is 24.2 Å². The fraction of sp³-hybridized carbons (Fsp3) is 0.310. The summed E-state index contributed by atoms with van der Waals surface area (Å²) in [5.74, 6) is -0.353. The van der Waals surface area contributed by atoms with Gasteiger partial charge >= 0.3 is 0 Å². The van der Waals surface area contributed by atoms with Gasteiger partial charge in [-0.25, -0.2) is 0 Å². The minimum Gasteiger partial charge on any atom is -0.457 e. The summed E-state index contributed by atoms with van der Waals surface area (Å²) in [6.07, 6.45) is 6.00. The highest BCUT2D eigenvalue weighted by molar-refractivity contribution is 6.08. The van der Waals surface area contributed by atoms with Crippen LogP contribution in [-0.2, 0) is 20.9 Å². The number of ether oxygens (including phenoxy) is 2. The van der Waals surface area contributed by atoms with E-state index in [9.17, 15) is 9.59 Å². The Hall–Kier alpha value is -4.28. The Morgan fingerprint density at radius 1 is 1.00 bits per heavy atom. The van der Waals surface area contributed by atoms with E-state index in [-0.39, 0.29) is 5.92 Å². The summed E-state index contributed by atoms with van der Waals surface area (Å²) in [6, 6.07) is 15.2. The maximum absolute atomic E-state index is 11.8. The first-order valence-electron chi connectivity index (χ1n) is 13.0. The number of aromatic nitrogens is 3. The minimum atomic E-state index is -1.29. The molecule has 10 heteroatoms. The Labute approximate surface area is 225 Å². The molecule has 0 bridgehead atoms. The Morgan fingerprint density at radius 3 is 2.49 bits per heavy atom. The monoisotopic (exact) mass is 526 g/mol. The normalized spacial score (nSPS) is 18.6. The highest BCUT2D eigenvalue weighted by Gasteiger charge is 2.64. The molecule has 39 heavy (non-hydrogen) atoms. The number of benzene rings is 2. The van der Waals surface area contributed by atoms with Crippen molar-refractivity contribution in [2.75, 3.05) is 32.8 Å². The van der Waals surface area contributed by atoms with E-state index in [4.69, 9.17) is 20.9 Å². The van der Waals surface area contributed by atoms with Crippen LogP contribution in [0.15, 0.2) is 67.1 Å². The van der Waals surface area contributed by atoms with Gasteiger partial charge in [0.1, 0.15) is 16.9 Å². The second-order valence-corrected chi connectivity index (χ2v) is 10.1. The number of nitrogens with zero attached hydrogens (tertiary/aromatic N) is 4. The summed E-state index contributed by atoms with van der Waals surface area (Å²) in [5, 5.41) is 5.43. The molecule has 1 saturated carbocycles. The first-order valence-corrected chi connectivity index (χ1v) is 13.0. The second kappa shape index (κ2) is 10.1. The van der Waals surface area contributed by atoms with Gasteiger partial charge in [-0.1, -0.05) is 18.2 Å². The number of hydrogen-bond acceptors (Lipinski definition) is 7. The smallest absolute Gasteiger partial charge is 0.233 e. The summed E-state index contributed by atoms with van der Waals surface area (Å²) in [4.78, 5) is 30.6. The third-order valence-electron chi connectivity index (χ3n) is 7.77. The molecule has 2 fully saturated rings. The standard InChI is InChI=1S/C29H30N6O4/c30-27(36)29(28(31)37)16-24(29)19-1-4-22(5-2-19)39-26-7-8-32-25-15-20(3-6-23(25)26)21-17-33-35(18-21)10-9-34-11-13-38-14-12-34/h1-8,15,17-18,24H,9-14,16H2,(H2,30,36)(H2,31,37). The maximum atomic E-state index is 11.8. The molecule has 2 aliphatic rings. The van der Waals surface area contributed by atoms with Crippen molar-refractivity contribution in [2.45, 2.75) is 18.9 Å². The number of morpholine rings is 1. The molecule has 1 aliphatic carbocycles. The van der Waals surface area contributed by atoms with E-state index in [0.717, 1.165) is 67.0 Å². The van der Waals surface area contributed by atoms with Crippen LogP contribution in [0.25, 0.3) is 22.0 Å². The second-order valence-electron chi connectivity index (χ2n) is 10.1. The van der Waals surface area contributed by atoms with Gasteiger partial charge in [0.05, 0.1) is 31.5 Å². The highest BCUT2D eigenvalue weighted by Crippen LogP contribution is 2.59. The number of carbonyl (C=O) groups excluding carboxylic acids is 2. The van der Waals surface area contributed by atoms with E-state index < -0.39 is 17.2 Å². The Bertz CT molecular complexity index is 1510. The first kappa shape index (κ1) is 25.0. The number of fused-ring (bicyclic) bond motifs is 1. The zero-order valence-corrected chi connectivity index (χ0v) is 21.5. The molecule has 6 rings (SSSR count). The van der Waals surface area contributed by atoms with Crippen LogP contribution in [-0.4, -0.2) is 64.3 Å². The average Bonchev–Trinajstić information content (AvgIpc) is 3.56. The largest absolute Gasteiger partial charge is 0.457 e. The van der Waals surface area contributed by atoms with E-state index in [2.05, 4.69) is 21.2 Å². The third kappa shape index (κ3) is 4.84. The zero-order valence-electron chi connectivity index (χ0n) is 21.5. The molecule has 4 N–H and O–H groups in total. The van der Waals surface area contributed by atoms with Crippen molar-refractivity contribution in [3.05, 3.63) is 72.7 Å². The van der Waals surface area contributed by atoms with Crippen LogP contribution in [0.3, 0.4) is 0 Å². The summed E-state index contributed by atoms with van der Waals surface area (Å²) in [5.41, 5.74) is 13.3. The van der Waals surface area contributed by atoms with Crippen molar-refractivity contribution in [2.24, 2.45) is 16.9 Å². The van der Waals surface area contributed by atoms with Gasteiger partial charge in [-0.15, -0.1) is 0 Å². The van der Waals surface area contributed by atoms with Crippen molar-refractivity contribution in [1.29, 1.82) is 0 Å². The molecule has 0 radical (unpaired) electrons. The number of hydrogen-bond donors (Lipinski definition) is 2. The lowest BCUT2D eigenvalue weighted by Gasteiger charge is -2.26. The lowest BCUT2D eigenvalue weighted by atomic mass is 9.97. The van der Waals surface area contributed by atoms with E-state index in [0.29, 0.717) is 17.9 Å². The molecule has 0 spiro atoms. The van der Waals surface area contributed by atoms with Crippen LogP contribution in [0.2, 0.25) is 0 Å². The Balaban J connectivity index is 1.15. The number of carbonyl (C=O) groups is 2. The summed E-state index contributed by atoms with van der Waals surface area (Å²) in [6.45, 7) is 5.29. The van der Waals surface area contributed by atoms with Gasteiger partial charge in [0.25, 0.3) is 0 Å². The van der Waals surface area contributed by atoms with Gasteiger partial charge in [0.15, 0.2) is 0 Å². The van der Waals surface area contributed by atoms with Gasteiger partial charge in [0, 0.05) is 48.9 Å². The number of pyridine rings is 1. The highest BCUT2D eigenvalue weighted by atomic mass is 16.5. The molecule has 2 aromatic heterocycles. The molecular formula is C29H30N6O4. The number of rotatable bonds is 9. The fourth-order valence-electron chi connectivity index (χ4n) is 5.32. The summed E-state index contributed by atoms with van der Waals surface area (Å²) < 4.78 is 13.6. The minimum absolute atomic E-state index is 0.301. The van der Waals surface area contributed by atoms with E-state index >= 15 is 0 Å². The maximum Gasteiger partial charge on any atom is 0.233 e. The molecule has 4 aromatic rings. The van der Waals surface area contributed by atoms with Gasteiger partial charge < -0.3 is 20.9 Å². The van der Waals surface area contributed by atoms with Crippen molar-refractivity contribution < 1.29 is 19.1 Å². The van der Waals surface area contributed by atoms with Crippen LogP contribution >= 0.6 is 0 Å². The van der Waals surface area contributed by atoms with Crippen molar-refractivity contribution in [1.82, 2.24) is 19.7 Å². The number of amides is 2. The summed E-state index contributed by atoms with van der Waals surface area (Å²) >= 11 is 0. The van der Waals surface area contributed by atoms with Crippen LogP contribution in [0, 0.1) is 5.41 Å². The molecular weight excluding hydrogens is 496 g/mol. The van der Waals surface area contributed by atoms with Crippen LogP contribution < -0.4 is 16.2 Å². The first-order chi connectivity index (χ1) is 18.9.